The minimum atomic E-state index is -0.126. The Hall–Kier alpha value is -3.09. The maximum absolute atomic E-state index is 12.7. The highest BCUT2D eigenvalue weighted by atomic mass is 16.5. The van der Waals surface area contributed by atoms with E-state index in [9.17, 15) is 4.79 Å². The van der Waals surface area contributed by atoms with Crippen molar-refractivity contribution in [2.45, 2.75) is 12.5 Å². The van der Waals surface area contributed by atoms with Gasteiger partial charge in [-0.2, -0.15) is 0 Å². The second kappa shape index (κ2) is 6.43. The summed E-state index contributed by atoms with van der Waals surface area (Å²) in [6.45, 7) is 1.15. The number of nitrogens with one attached hydrogen (secondary N) is 1. The molecule has 25 heavy (non-hydrogen) atoms. The minimum absolute atomic E-state index is 0.0200. The van der Waals surface area contributed by atoms with Crippen LogP contribution in [-0.4, -0.2) is 52.1 Å². The van der Waals surface area contributed by atoms with Gasteiger partial charge in [0, 0.05) is 36.3 Å². The first-order valence-corrected chi connectivity index (χ1v) is 8.13. The Morgan fingerprint density at radius 1 is 1.24 bits per heavy atom. The van der Waals surface area contributed by atoms with Crippen LogP contribution >= 0.6 is 0 Å². The van der Waals surface area contributed by atoms with Crippen LogP contribution in [-0.2, 0) is 0 Å². The summed E-state index contributed by atoms with van der Waals surface area (Å²) >= 11 is 0. The third-order valence-corrected chi connectivity index (χ3v) is 4.30. The average Bonchev–Trinajstić information content (AvgIpc) is 3.28. The standard InChI is InChI=1S/C18H18N4O3/c1-24-16-17(20-8-7-19-16)25-13-6-9-22(11-13)18(23)15-10-12-4-2-3-5-14(12)21-15/h2-5,7-8,10,13,21H,6,9,11H2,1H3/t13-/m0/s1. The van der Waals surface area contributed by atoms with E-state index in [0.29, 0.717) is 30.5 Å². The number of nitrogens with zero attached hydrogens (tertiary/aromatic N) is 3. The molecule has 1 N–H and O–H groups in total. The summed E-state index contributed by atoms with van der Waals surface area (Å²) in [6, 6.07) is 9.73. The van der Waals surface area contributed by atoms with Crippen LogP contribution in [0, 0.1) is 0 Å². The number of amides is 1. The first-order chi connectivity index (χ1) is 12.2. The third-order valence-electron chi connectivity index (χ3n) is 4.30. The Morgan fingerprint density at radius 3 is 2.84 bits per heavy atom. The van der Waals surface area contributed by atoms with E-state index in [1.165, 1.54) is 7.11 Å². The van der Waals surface area contributed by atoms with Gasteiger partial charge in [-0.1, -0.05) is 18.2 Å². The summed E-state index contributed by atoms with van der Waals surface area (Å²) in [7, 11) is 1.53. The largest absolute Gasteiger partial charge is 0.477 e. The number of carbonyl (C=O) groups is 1. The molecule has 1 aliphatic heterocycles. The van der Waals surface area contributed by atoms with E-state index in [2.05, 4.69) is 15.0 Å². The lowest BCUT2D eigenvalue weighted by molar-refractivity contribution is 0.0765. The van der Waals surface area contributed by atoms with Gasteiger partial charge >= 0.3 is 0 Å². The molecule has 4 rings (SSSR count). The Morgan fingerprint density at radius 2 is 2.04 bits per heavy atom. The van der Waals surface area contributed by atoms with Crippen molar-refractivity contribution in [3.05, 3.63) is 48.4 Å². The molecule has 7 nitrogen and oxygen atoms in total. The highest BCUT2D eigenvalue weighted by molar-refractivity contribution is 5.98. The smallest absolute Gasteiger partial charge is 0.278 e. The Labute approximate surface area is 144 Å². The molecule has 0 unspecified atom stereocenters. The van der Waals surface area contributed by atoms with Crippen molar-refractivity contribution in [2.75, 3.05) is 20.2 Å². The lowest BCUT2D eigenvalue weighted by atomic mass is 10.2. The molecular formula is C18H18N4O3. The molecule has 0 bridgehead atoms. The molecule has 0 spiro atoms. The number of aromatic amines is 1. The topological polar surface area (TPSA) is 80.3 Å². The monoisotopic (exact) mass is 338 g/mol. The van der Waals surface area contributed by atoms with E-state index in [0.717, 1.165) is 17.3 Å². The summed E-state index contributed by atoms with van der Waals surface area (Å²) in [4.78, 5) is 25.9. The molecule has 1 fully saturated rings. The van der Waals surface area contributed by atoms with E-state index < -0.39 is 0 Å². The number of para-hydroxylation sites is 1. The van der Waals surface area contributed by atoms with Crippen molar-refractivity contribution in [1.29, 1.82) is 0 Å². The van der Waals surface area contributed by atoms with E-state index in [1.807, 2.05) is 30.3 Å². The van der Waals surface area contributed by atoms with Crippen LogP contribution in [0.15, 0.2) is 42.7 Å². The first-order valence-electron chi connectivity index (χ1n) is 8.13. The van der Waals surface area contributed by atoms with Gasteiger partial charge < -0.3 is 19.4 Å². The van der Waals surface area contributed by atoms with Crippen LogP contribution in [0.1, 0.15) is 16.9 Å². The van der Waals surface area contributed by atoms with Crippen LogP contribution in [0.2, 0.25) is 0 Å². The molecule has 1 saturated heterocycles. The first kappa shape index (κ1) is 15.4. The Bertz CT molecular complexity index is 875. The second-order valence-electron chi connectivity index (χ2n) is 5.92. The van der Waals surface area contributed by atoms with E-state index in [1.54, 1.807) is 17.3 Å². The molecule has 0 aliphatic carbocycles. The zero-order chi connectivity index (χ0) is 17.2. The lowest BCUT2D eigenvalue weighted by Crippen LogP contribution is -2.31. The number of rotatable bonds is 4. The van der Waals surface area contributed by atoms with Gasteiger partial charge in [-0.15, -0.1) is 0 Å². The molecule has 3 aromatic rings. The van der Waals surface area contributed by atoms with Crippen molar-refractivity contribution >= 4 is 16.8 Å². The van der Waals surface area contributed by atoms with Crippen LogP contribution in [0.25, 0.3) is 10.9 Å². The average molecular weight is 338 g/mol. The van der Waals surface area contributed by atoms with Gasteiger partial charge in [-0.25, -0.2) is 9.97 Å². The lowest BCUT2D eigenvalue weighted by Gasteiger charge is -2.16. The summed E-state index contributed by atoms with van der Waals surface area (Å²) in [5, 5.41) is 1.03. The zero-order valence-electron chi connectivity index (χ0n) is 13.8. The van der Waals surface area contributed by atoms with E-state index >= 15 is 0 Å². The van der Waals surface area contributed by atoms with Crippen molar-refractivity contribution in [3.8, 4) is 11.8 Å². The van der Waals surface area contributed by atoms with Gasteiger partial charge in [0.25, 0.3) is 17.7 Å². The van der Waals surface area contributed by atoms with Gasteiger partial charge in [0.2, 0.25) is 0 Å². The fourth-order valence-electron chi connectivity index (χ4n) is 3.06. The molecule has 128 valence electrons. The number of likely N-dealkylation sites (tertiary alicyclic amines) is 1. The number of H-pyrrole nitrogens is 1. The summed E-state index contributed by atoms with van der Waals surface area (Å²) in [6.07, 6.45) is 3.72. The molecule has 7 heteroatoms. The summed E-state index contributed by atoms with van der Waals surface area (Å²) < 4.78 is 11.0. The van der Waals surface area contributed by atoms with Gasteiger partial charge in [-0.05, 0) is 12.1 Å². The number of hydrogen-bond donors (Lipinski definition) is 1. The molecule has 0 radical (unpaired) electrons. The Kier molecular flexibility index (Phi) is 3.97. The van der Waals surface area contributed by atoms with E-state index in [-0.39, 0.29) is 12.0 Å². The molecule has 3 heterocycles. The SMILES string of the molecule is COc1nccnc1O[C@H]1CCN(C(=O)c2cc3ccccc3[nH]2)C1. The quantitative estimate of drug-likeness (QED) is 0.789. The number of methoxy groups -OCH3 is 1. The second-order valence-corrected chi connectivity index (χ2v) is 5.92. The zero-order valence-corrected chi connectivity index (χ0v) is 13.8. The van der Waals surface area contributed by atoms with Crippen molar-refractivity contribution in [2.24, 2.45) is 0 Å². The summed E-state index contributed by atoms with van der Waals surface area (Å²) in [5.41, 5.74) is 1.56. The van der Waals surface area contributed by atoms with Gasteiger partial charge in [0.1, 0.15) is 11.8 Å². The highest BCUT2D eigenvalue weighted by Crippen LogP contribution is 2.25. The van der Waals surface area contributed by atoms with Crippen LogP contribution in [0.5, 0.6) is 11.8 Å². The Balaban J connectivity index is 1.45. The normalized spacial score (nSPS) is 17.0. The maximum Gasteiger partial charge on any atom is 0.278 e. The predicted molar refractivity (Wildman–Crippen MR) is 91.8 cm³/mol. The van der Waals surface area contributed by atoms with Gasteiger partial charge in [0.05, 0.1) is 13.7 Å². The molecule has 2 aromatic heterocycles. The molecule has 1 atom stereocenters. The number of fused-ring (bicyclic) bond motifs is 1. The minimum Gasteiger partial charge on any atom is -0.477 e. The summed E-state index contributed by atoms with van der Waals surface area (Å²) in [5.74, 6) is 0.686. The number of benzene rings is 1. The van der Waals surface area contributed by atoms with Gasteiger partial charge in [-0.3, -0.25) is 4.79 Å². The molecule has 1 aromatic carbocycles. The number of aromatic nitrogens is 3. The predicted octanol–water partition coefficient (Wildman–Crippen LogP) is 2.26. The fourth-order valence-corrected chi connectivity index (χ4v) is 3.06. The molecule has 1 amide bonds. The number of carbonyl (C=O) groups excluding carboxylic acids is 1. The molecule has 1 aliphatic rings. The van der Waals surface area contributed by atoms with E-state index in [4.69, 9.17) is 9.47 Å². The molecule has 0 saturated carbocycles. The third kappa shape index (κ3) is 3.00. The maximum atomic E-state index is 12.7. The van der Waals surface area contributed by atoms with Crippen molar-refractivity contribution in [3.63, 3.8) is 0 Å². The van der Waals surface area contributed by atoms with Gasteiger partial charge in [0.15, 0.2) is 0 Å². The van der Waals surface area contributed by atoms with Crippen molar-refractivity contribution in [1.82, 2.24) is 19.9 Å². The number of ether oxygens (including phenoxy) is 2. The van der Waals surface area contributed by atoms with Crippen molar-refractivity contribution < 1.29 is 14.3 Å². The molecular weight excluding hydrogens is 320 g/mol. The van der Waals surface area contributed by atoms with Crippen LogP contribution < -0.4 is 9.47 Å². The number of hydrogen-bond acceptors (Lipinski definition) is 5. The van der Waals surface area contributed by atoms with Crippen LogP contribution in [0.3, 0.4) is 0 Å². The van der Waals surface area contributed by atoms with Crippen LogP contribution in [0.4, 0.5) is 0 Å². The highest BCUT2D eigenvalue weighted by Gasteiger charge is 2.30. The fraction of sp³-hybridized carbons (Fsp3) is 0.278.